The first-order chi connectivity index (χ1) is 14.5. The van der Waals surface area contributed by atoms with Crippen molar-refractivity contribution < 1.29 is 9.13 Å². The van der Waals surface area contributed by atoms with Crippen molar-refractivity contribution in [3.63, 3.8) is 0 Å². The Morgan fingerprint density at radius 2 is 1.73 bits per heavy atom. The Balaban J connectivity index is 1.50. The number of hydrogen-bond acceptors (Lipinski definition) is 7. The van der Waals surface area contributed by atoms with Crippen LogP contribution in [0.25, 0.3) is 0 Å². The maximum atomic E-state index is 14.6. The summed E-state index contributed by atoms with van der Waals surface area (Å²) < 4.78 is 20.3. The van der Waals surface area contributed by atoms with E-state index >= 15 is 0 Å². The van der Waals surface area contributed by atoms with Crippen LogP contribution in [-0.4, -0.2) is 15.0 Å². The van der Waals surface area contributed by atoms with Gasteiger partial charge in [-0.25, -0.2) is 4.39 Å². The van der Waals surface area contributed by atoms with Gasteiger partial charge in [-0.3, -0.25) is 4.98 Å². The van der Waals surface area contributed by atoms with Gasteiger partial charge in [-0.05, 0) is 49.4 Å². The predicted octanol–water partition coefficient (Wildman–Crippen LogP) is 5.59. The molecule has 0 aliphatic carbocycles. The highest BCUT2D eigenvalue weighted by molar-refractivity contribution is 7.99. The van der Waals surface area contributed by atoms with Crippen LogP contribution in [0.5, 0.6) is 11.6 Å². The summed E-state index contributed by atoms with van der Waals surface area (Å²) in [6, 6.07) is 17.7. The number of nitrogen functional groups attached to an aromatic ring is 1. The highest BCUT2D eigenvalue weighted by atomic mass is 32.2. The maximum Gasteiger partial charge on any atom is 0.226 e. The van der Waals surface area contributed by atoms with E-state index in [0.29, 0.717) is 28.0 Å². The van der Waals surface area contributed by atoms with Gasteiger partial charge < -0.3 is 15.8 Å². The molecule has 3 N–H and O–H groups in total. The Bertz CT molecular complexity index is 1160. The molecule has 8 heteroatoms. The van der Waals surface area contributed by atoms with Gasteiger partial charge >= 0.3 is 0 Å². The molecule has 0 saturated carbocycles. The van der Waals surface area contributed by atoms with Crippen molar-refractivity contribution in [3.05, 3.63) is 84.4 Å². The summed E-state index contributed by atoms with van der Waals surface area (Å²) in [5, 5.41) is 3.04. The molecule has 0 bridgehead atoms. The minimum Gasteiger partial charge on any atom is -0.439 e. The fourth-order valence-corrected chi connectivity index (χ4v) is 3.43. The molecule has 150 valence electrons. The summed E-state index contributed by atoms with van der Waals surface area (Å²) in [6.07, 6.45) is 3.35. The number of nitrogens with one attached hydrogen (secondary N) is 1. The summed E-state index contributed by atoms with van der Waals surface area (Å²) in [5.41, 5.74) is 7.46. The number of anilines is 3. The third-order valence-electron chi connectivity index (χ3n) is 4.05. The number of ether oxygens (including phenoxy) is 1. The zero-order chi connectivity index (χ0) is 20.9. The second kappa shape index (κ2) is 8.79. The number of nitrogens with two attached hydrogens (primary N) is 1. The predicted molar refractivity (Wildman–Crippen MR) is 116 cm³/mol. The largest absolute Gasteiger partial charge is 0.439 e. The monoisotopic (exact) mass is 419 g/mol. The summed E-state index contributed by atoms with van der Waals surface area (Å²) in [6.45, 7) is 1.99. The van der Waals surface area contributed by atoms with Crippen LogP contribution >= 0.6 is 11.8 Å². The van der Waals surface area contributed by atoms with Crippen LogP contribution in [0.1, 0.15) is 5.56 Å². The number of aryl methyl sites for hydroxylation is 1. The second-order valence-electron chi connectivity index (χ2n) is 6.42. The summed E-state index contributed by atoms with van der Waals surface area (Å²) in [4.78, 5) is 13.6. The van der Waals surface area contributed by atoms with E-state index in [2.05, 4.69) is 20.3 Å². The van der Waals surface area contributed by atoms with Crippen molar-refractivity contribution in [3.8, 4) is 11.6 Å². The van der Waals surface area contributed by atoms with Crippen LogP contribution in [-0.2, 0) is 0 Å². The third-order valence-corrected chi connectivity index (χ3v) is 5.10. The summed E-state index contributed by atoms with van der Waals surface area (Å²) >= 11 is 1.33. The fourth-order valence-electron chi connectivity index (χ4n) is 2.63. The first kappa shape index (κ1) is 19.7. The van der Waals surface area contributed by atoms with E-state index in [1.165, 1.54) is 17.8 Å². The molecule has 0 atom stereocenters. The molecular formula is C22H18FN5OS. The molecule has 2 aromatic heterocycles. The number of pyridine rings is 1. The second-order valence-corrected chi connectivity index (χ2v) is 7.54. The first-order valence-corrected chi connectivity index (χ1v) is 9.90. The summed E-state index contributed by atoms with van der Waals surface area (Å²) in [5.74, 6) is 1.03. The highest BCUT2D eigenvalue weighted by Gasteiger charge is 2.09. The van der Waals surface area contributed by atoms with Gasteiger partial charge in [0.1, 0.15) is 17.4 Å². The molecule has 4 rings (SSSR count). The fraction of sp³-hybridized carbons (Fsp3) is 0.0455. The minimum absolute atomic E-state index is 0.0486. The molecule has 0 unspecified atom stereocenters. The lowest BCUT2D eigenvalue weighted by Gasteiger charge is -2.11. The molecule has 0 fully saturated rings. The molecule has 30 heavy (non-hydrogen) atoms. The zero-order valence-electron chi connectivity index (χ0n) is 16.0. The van der Waals surface area contributed by atoms with Crippen molar-refractivity contribution in [1.82, 2.24) is 15.0 Å². The molecule has 2 heterocycles. The zero-order valence-corrected chi connectivity index (χ0v) is 16.9. The third kappa shape index (κ3) is 5.03. The Kier molecular flexibility index (Phi) is 5.76. The van der Waals surface area contributed by atoms with E-state index < -0.39 is 0 Å². The van der Waals surface area contributed by atoms with Crippen molar-refractivity contribution in [2.24, 2.45) is 0 Å². The number of halogens is 1. The van der Waals surface area contributed by atoms with E-state index in [9.17, 15) is 4.39 Å². The van der Waals surface area contributed by atoms with E-state index in [4.69, 9.17) is 10.5 Å². The van der Waals surface area contributed by atoms with Crippen molar-refractivity contribution in [1.29, 1.82) is 0 Å². The molecule has 6 nitrogen and oxygen atoms in total. The summed E-state index contributed by atoms with van der Waals surface area (Å²) in [7, 11) is 0. The molecule has 0 spiro atoms. The molecule has 0 aliphatic rings. The van der Waals surface area contributed by atoms with E-state index in [1.54, 1.807) is 30.6 Å². The Labute approximate surface area is 177 Å². The van der Waals surface area contributed by atoms with Gasteiger partial charge in [-0.15, -0.1) is 0 Å². The van der Waals surface area contributed by atoms with Gasteiger partial charge in [-0.2, -0.15) is 9.97 Å². The highest BCUT2D eigenvalue weighted by Crippen LogP contribution is 2.31. The average molecular weight is 419 g/mol. The maximum absolute atomic E-state index is 14.6. The van der Waals surface area contributed by atoms with Crippen LogP contribution in [0.2, 0.25) is 0 Å². The van der Waals surface area contributed by atoms with Gasteiger partial charge in [0.2, 0.25) is 11.8 Å². The molecule has 0 saturated heterocycles. The van der Waals surface area contributed by atoms with Gasteiger partial charge in [0.25, 0.3) is 0 Å². The number of nitrogens with zero attached hydrogens (tertiary/aromatic N) is 3. The Morgan fingerprint density at radius 3 is 2.47 bits per heavy atom. The molecule has 4 aromatic rings. The van der Waals surface area contributed by atoms with E-state index in [0.717, 1.165) is 10.5 Å². The minimum atomic E-state index is -0.347. The lowest BCUT2D eigenvalue weighted by molar-refractivity contribution is 0.463. The van der Waals surface area contributed by atoms with Gasteiger partial charge in [0.05, 0.1) is 0 Å². The molecular weight excluding hydrogens is 401 g/mol. The number of rotatable bonds is 6. The van der Waals surface area contributed by atoms with E-state index in [1.807, 2.05) is 43.3 Å². The Hall–Kier alpha value is -3.65. The quantitative estimate of drug-likeness (QED) is 0.421. The molecule has 0 amide bonds. The molecule has 0 radical (unpaired) electrons. The van der Waals surface area contributed by atoms with Crippen LogP contribution in [0.15, 0.2) is 82.8 Å². The lowest BCUT2D eigenvalue weighted by Crippen LogP contribution is -2.02. The van der Waals surface area contributed by atoms with Crippen molar-refractivity contribution in [2.75, 3.05) is 11.1 Å². The van der Waals surface area contributed by atoms with E-state index in [-0.39, 0.29) is 11.8 Å². The standard InChI is InChI=1S/C22H18FN5OS/c1-14-2-5-16(6-3-14)29-21-13-20(27-22(24)28-21)26-15-4-7-19(18(23)12-15)30-17-8-10-25-11-9-17/h2-13H,1H3,(H3,24,26,27,28). The van der Waals surface area contributed by atoms with Crippen LogP contribution in [0, 0.1) is 12.7 Å². The molecule has 0 aliphatic heterocycles. The SMILES string of the molecule is Cc1ccc(Oc2cc(Nc3ccc(Sc4ccncc4)c(F)c3)nc(N)n2)cc1. The Morgan fingerprint density at radius 1 is 0.967 bits per heavy atom. The smallest absolute Gasteiger partial charge is 0.226 e. The van der Waals surface area contributed by atoms with Gasteiger partial charge in [0, 0.05) is 33.9 Å². The number of benzene rings is 2. The van der Waals surface area contributed by atoms with Gasteiger partial charge in [-0.1, -0.05) is 29.5 Å². The lowest BCUT2D eigenvalue weighted by atomic mass is 10.2. The normalized spacial score (nSPS) is 10.6. The van der Waals surface area contributed by atoms with Crippen molar-refractivity contribution >= 4 is 29.2 Å². The average Bonchev–Trinajstić information content (AvgIpc) is 2.72. The number of hydrogen-bond donors (Lipinski definition) is 2. The van der Waals surface area contributed by atoms with Crippen LogP contribution in [0.3, 0.4) is 0 Å². The number of aromatic nitrogens is 3. The topological polar surface area (TPSA) is 86.0 Å². The first-order valence-electron chi connectivity index (χ1n) is 9.09. The van der Waals surface area contributed by atoms with Crippen molar-refractivity contribution in [2.45, 2.75) is 16.7 Å². The van der Waals surface area contributed by atoms with Crippen LogP contribution < -0.4 is 15.8 Å². The van der Waals surface area contributed by atoms with Crippen LogP contribution in [0.4, 0.5) is 21.8 Å². The molecule has 2 aromatic carbocycles. The van der Waals surface area contributed by atoms with Gasteiger partial charge in [0.15, 0.2) is 0 Å².